The number of nitrogens with zero attached hydrogens (tertiary/aromatic N) is 2. The van der Waals surface area contributed by atoms with Crippen LogP contribution in [-0.4, -0.2) is 28.6 Å². The van der Waals surface area contributed by atoms with Crippen LogP contribution in [0.25, 0.3) is 11.0 Å². The minimum absolute atomic E-state index is 0.0852. The van der Waals surface area contributed by atoms with Gasteiger partial charge in [0.25, 0.3) is 0 Å². The third kappa shape index (κ3) is 2.04. The Morgan fingerprint density at radius 2 is 1.94 bits per heavy atom. The number of aromatic nitrogens is 2. The number of benzene rings is 1. The Labute approximate surface area is 107 Å². The molecule has 4 heteroatoms. The van der Waals surface area contributed by atoms with E-state index in [1.165, 1.54) is 0 Å². The lowest BCUT2D eigenvalue weighted by Crippen LogP contribution is -2.37. The van der Waals surface area contributed by atoms with Crippen molar-refractivity contribution in [3.8, 4) is 0 Å². The third-order valence-electron chi connectivity index (χ3n) is 3.53. The standard InChI is InChI=1S/C14H18N4/c1-10-13(18-14(2)7-8-15-9-14)17-12-6-4-3-5-11(12)16-10/h3-6,15H,7-9H2,1-2H3,(H,17,18). The van der Waals surface area contributed by atoms with Crippen LogP contribution < -0.4 is 10.6 Å². The van der Waals surface area contributed by atoms with Crippen LogP contribution in [0.2, 0.25) is 0 Å². The predicted octanol–water partition coefficient (Wildman–Crippen LogP) is 2.10. The van der Waals surface area contributed by atoms with Gasteiger partial charge in [0.15, 0.2) is 0 Å². The molecule has 1 aromatic heterocycles. The molecule has 2 N–H and O–H groups in total. The maximum absolute atomic E-state index is 4.68. The largest absolute Gasteiger partial charge is 0.362 e. The number of aryl methyl sites for hydroxylation is 1. The van der Waals surface area contributed by atoms with Crippen molar-refractivity contribution in [1.82, 2.24) is 15.3 Å². The first-order chi connectivity index (χ1) is 8.66. The van der Waals surface area contributed by atoms with E-state index in [9.17, 15) is 0 Å². The van der Waals surface area contributed by atoms with Crippen molar-refractivity contribution in [2.45, 2.75) is 25.8 Å². The van der Waals surface area contributed by atoms with E-state index >= 15 is 0 Å². The number of anilines is 1. The highest BCUT2D eigenvalue weighted by atomic mass is 15.1. The normalized spacial score (nSPS) is 23.4. The quantitative estimate of drug-likeness (QED) is 0.846. The van der Waals surface area contributed by atoms with Gasteiger partial charge >= 0.3 is 0 Å². The van der Waals surface area contributed by atoms with Gasteiger partial charge in [0, 0.05) is 12.1 Å². The molecule has 4 nitrogen and oxygen atoms in total. The van der Waals surface area contributed by atoms with Crippen LogP contribution in [0.4, 0.5) is 5.82 Å². The lowest BCUT2D eigenvalue weighted by atomic mass is 10.0. The fourth-order valence-electron chi connectivity index (χ4n) is 2.42. The van der Waals surface area contributed by atoms with Crippen LogP contribution in [0.15, 0.2) is 24.3 Å². The molecule has 1 aromatic carbocycles. The lowest BCUT2D eigenvalue weighted by Gasteiger charge is -2.26. The molecule has 94 valence electrons. The first kappa shape index (κ1) is 11.4. The van der Waals surface area contributed by atoms with E-state index in [1.807, 2.05) is 31.2 Å². The Bertz CT molecular complexity index is 573. The third-order valence-corrected chi connectivity index (χ3v) is 3.53. The van der Waals surface area contributed by atoms with Gasteiger partial charge < -0.3 is 10.6 Å². The van der Waals surface area contributed by atoms with Crippen molar-refractivity contribution < 1.29 is 0 Å². The zero-order valence-corrected chi connectivity index (χ0v) is 10.8. The summed E-state index contributed by atoms with van der Waals surface area (Å²) >= 11 is 0. The van der Waals surface area contributed by atoms with Crippen molar-refractivity contribution in [3.63, 3.8) is 0 Å². The average Bonchev–Trinajstić information content (AvgIpc) is 2.77. The fraction of sp³-hybridized carbons (Fsp3) is 0.429. The predicted molar refractivity (Wildman–Crippen MR) is 73.8 cm³/mol. The van der Waals surface area contributed by atoms with Gasteiger partial charge in [0.1, 0.15) is 5.82 Å². The van der Waals surface area contributed by atoms with Crippen LogP contribution in [0.1, 0.15) is 19.0 Å². The van der Waals surface area contributed by atoms with Crippen LogP contribution >= 0.6 is 0 Å². The molecule has 2 heterocycles. The van der Waals surface area contributed by atoms with E-state index in [0.29, 0.717) is 0 Å². The minimum Gasteiger partial charge on any atom is -0.362 e. The molecule has 3 rings (SSSR count). The zero-order chi connectivity index (χ0) is 12.6. The van der Waals surface area contributed by atoms with E-state index in [0.717, 1.165) is 42.1 Å². The molecule has 0 bridgehead atoms. The highest BCUT2D eigenvalue weighted by molar-refractivity contribution is 5.76. The Morgan fingerprint density at radius 3 is 2.61 bits per heavy atom. The summed E-state index contributed by atoms with van der Waals surface area (Å²) in [5.41, 5.74) is 2.94. The smallest absolute Gasteiger partial charge is 0.148 e. The van der Waals surface area contributed by atoms with Crippen LogP contribution in [0, 0.1) is 6.92 Å². The second-order valence-corrected chi connectivity index (χ2v) is 5.26. The van der Waals surface area contributed by atoms with E-state index in [2.05, 4.69) is 27.5 Å². The first-order valence-electron chi connectivity index (χ1n) is 6.39. The number of hydrogen-bond acceptors (Lipinski definition) is 4. The molecule has 0 amide bonds. The summed E-state index contributed by atoms with van der Waals surface area (Å²) in [6.45, 7) is 6.27. The lowest BCUT2D eigenvalue weighted by molar-refractivity contribution is 0.563. The van der Waals surface area contributed by atoms with Crippen LogP contribution in [-0.2, 0) is 0 Å². The van der Waals surface area contributed by atoms with Gasteiger partial charge in [-0.1, -0.05) is 12.1 Å². The van der Waals surface area contributed by atoms with Gasteiger partial charge in [0.05, 0.1) is 16.7 Å². The monoisotopic (exact) mass is 242 g/mol. The summed E-state index contributed by atoms with van der Waals surface area (Å²) < 4.78 is 0. The Balaban J connectivity index is 1.98. The minimum atomic E-state index is 0.0852. The summed E-state index contributed by atoms with van der Waals surface area (Å²) in [4.78, 5) is 9.29. The molecule has 1 aliphatic heterocycles. The summed E-state index contributed by atoms with van der Waals surface area (Å²) in [7, 11) is 0. The number of para-hydroxylation sites is 2. The van der Waals surface area contributed by atoms with Crippen molar-refractivity contribution in [2.75, 3.05) is 18.4 Å². The maximum Gasteiger partial charge on any atom is 0.148 e. The van der Waals surface area contributed by atoms with E-state index in [-0.39, 0.29) is 5.54 Å². The highest BCUT2D eigenvalue weighted by Gasteiger charge is 2.29. The number of hydrogen-bond donors (Lipinski definition) is 2. The molecule has 1 aliphatic rings. The number of nitrogens with one attached hydrogen (secondary N) is 2. The fourth-order valence-corrected chi connectivity index (χ4v) is 2.42. The van der Waals surface area contributed by atoms with Gasteiger partial charge in [0.2, 0.25) is 0 Å². The molecule has 0 spiro atoms. The number of rotatable bonds is 2. The molecule has 2 aromatic rings. The summed E-state index contributed by atoms with van der Waals surface area (Å²) in [6, 6.07) is 7.99. The highest BCUT2D eigenvalue weighted by Crippen LogP contribution is 2.23. The second-order valence-electron chi connectivity index (χ2n) is 5.26. The molecule has 0 aliphatic carbocycles. The summed E-state index contributed by atoms with van der Waals surface area (Å²) in [5.74, 6) is 0.903. The van der Waals surface area contributed by atoms with Crippen molar-refractivity contribution >= 4 is 16.9 Å². The summed E-state index contributed by atoms with van der Waals surface area (Å²) in [5, 5.41) is 6.92. The zero-order valence-electron chi connectivity index (χ0n) is 10.8. The molecular weight excluding hydrogens is 224 g/mol. The second kappa shape index (κ2) is 4.21. The maximum atomic E-state index is 4.68. The van der Waals surface area contributed by atoms with Crippen molar-refractivity contribution in [2.24, 2.45) is 0 Å². The molecule has 1 atom stereocenters. The van der Waals surface area contributed by atoms with Crippen LogP contribution in [0.3, 0.4) is 0 Å². The van der Waals surface area contributed by atoms with Gasteiger partial charge in [-0.3, -0.25) is 0 Å². The Morgan fingerprint density at radius 1 is 1.22 bits per heavy atom. The SMILES string of the molecule is Cc1nc2ccccc2nc1NC1(C)CCNC1. The molecule has 1 unspecified atom stereocenters. The van der Waals surface area contributed by atoms with E-state index in [1.54, 1.807) is 0 Å². The number of fused-ring (bicyclic) bond motifs is 1. The molecule has 18 heavy (non-hydrogen) atoms. The van der Waals surface area contributed by atoms with Crippen LogP contribution in [0.5, 0.6) is 0 Å². The van der Waals surface area contributed by atoms with Crippen molar-refractivity contribution in [3.05, 3.63) is 30.0 Å². The Hall–Kier alpha value is -1.68. The van der Waals surface area contributed by atoms with Gasteiger partial charge in [-0.2, -0.15) is 0 Å². The Kier molecular flexibility index (Phi) is 2.67. The van der Waals surface area contributed by atoms with Gasteiger partial charge in [-0.25, -0.2) is 9.97 Å². The van der Waals surface area contributed by atoms with Gasteiger partial charge in [-0.05, 0) is 38.9 Å². The van der Waals surface area contributed by atoms with Gasteiger partial charge in [-0.15, -0.1) is 0 Å². The van der Waals surface area contributed by atoms with E-state index < -0.39 is 0 Å². The van der Waals surface area contributed by atoms with E-state index in [4.69, 9.17) is 0 Å². The molecular formula is C14H18N4. The molecule has 1 saturated heterocycles. The topological polar surface area (TPSA) is 49.8 Å². The average molecular weight is 242 g/mol. The first-order valence-corrected chi connectivity index (χ1v) is 6.39. The molecule has 0 radical (unpaired) electrons. The molecule has 0 saturated carbocycles. The summed E-state index contributed by atoms with van der Waals surface area (Å²) in [6.07, 6.45) is 1.11. The van der Waals surface area contributed by atoms with Crippen molar-refractivity contribution in [1.29, 1.82) is 0 Å². The molecule has 1 fully saturated rings.